The predicted molar refractivity (Wildman–Crippen MR) is 75.1 cm³/mol. The highest BCUT2D eigenvalue weighted by Gasteiger charge is 2.20. The molecule has 1 aromatic rings. The second-order valence-corrected chi connectivity index (χ2v) is 5.14. The van der Waals surface area contributed by atoms with E-state index in [1.54, 1.807) is 18.2 Å². The third kappa shape index (κ3) is 3.15. The fraction of sp³-hybridized carbons (Fsp3) is 0.500. The summed E-state index contributed by atoms with van der Waals surface area (Å²) in [7, 11) is 1.89. The number of nitrogen functional groups attached to an aromatic ring is 1. The molecule has 4 heteroatoms. The first-order chi connectivity index (χ1) is 8.34. The highest BCUT2D eigenvalue weighted by atomic mass is 16.4. The summed E-state index contributed by atoms with van der Waals surface area (Å²) in [6, 6.07) is 5.24. The van der Waals surface area contributed by atoms with Crippen molar-refractivity contribution in [2.75, 3.05) is 17.7 Å². The van der Waals surface area contributed by atoms with Crippen molar-refractivity contribution in [3.63, 3.8) is 0 Å². The van der Waals surface area contributed by atoms with Crippen LogP contribution in [-0.2, 0) is 0 Å². The van der Waals surface area contributed by atoms with Crippen LogP contribution >= 0.6 is 0 Å². The molecule has 0 saturated heterocycles. The Balaban J connectivity index is 3.11. The van der Waals surface area contributed by atoms with Crippen molar-refractivity contribution in [3.8, 4) is 0 Å². The molecule has 0 aromatic heterocycles. The van der Waals surface area contributed by atoms with Crippen LogP contribution in [0.5, 0.6) is 0 Å². The number of rotatable bonds is 5. The van der Waals surface area contributed by atoms with Gasteiger partial charge < -0.3 is 15.7 Å². The molecule has 1 aromatic carbocycles. The molecule has 0 saturated carbocycles. The van der Waals surface area contributed by atoms with E-state index in [2.05, 4.69) is 20.8 Å². The molecule has 3 N–H and O–H groups in total. The monoisotopic (exact) mass is 250 g/mol. The van der Waals surface area contributed by atoms with Gasteiger partial charge in [-0.2, -0.15) is 0 Å². The van der Waals surface area contributed by atoms with E-state index < -0.39 is 5.97 Å². The van der Waals surface area contributed by atoms with Crippen LogP contribution in [0.15, 0.2) is 18.2 Å². The van der Waals surface area contributed by atoms with Crippen LogP contribution in [0.3, 0.4) is 0 Å². The van der Waals surface area contributed by atoms with Crippen molar-refractivity contribution in [3.05, 3.63) is 23.8 Å². The molecule has 18 heavy (non-hydrogen) atoms. The van der Waals surface area contributed by atoms with Crippen LogP contribution in [0, 0.1) is 5.92 Å². The molecule has 0 radical (unpaired) electrons. The van der Waals surface area contributed by atoms with E-state index in [-0.39, 0.29) is 11.6 Å². The van der Waals surface area contributed by atoms with Crippen molar-refractivity contribution in [2.24, 2.45) is 5.92 Å². The second-order valence-electron chi connectivity index (χ2n) is 5.14. The lowest BCUT2D eigenvalue weighted by molar-refractivity contribution is 0.0697. The van der Waals surface area contributed by atoms with Gasteiger partial charge in [0.05, 0.1) is 16.9 Å². The highest BCUT2D eigenvalue weighted by molar-refractivity contribution is 5.98. The summed E-state index contributed by atoms with van der Waals surface area (Å²) in [6.45, 7) is 6.38. The number of hydrogen-bond acceptors (Lipinski definition) is 3. The standard InChI is InChI=1S/C14H22N2O2/c1-9(2)8-10(3)16(4)13-11(14(17)18)6-5-7-12(13)15/h5-7,9-10H,8,15H2,1-4H3,(H,17,18). The third-order valence-corrected chi connectivity index (χ3v) is 3.12. The maximum absolute atomic E-state index is 11.2. The van der Waals surface area contributed by atoms with Gasteiger partial charge >= 0.3 is 5.97 Å². The smallest absolute Gasteiger partial charge is 0.337 e. The van der Waals surface area contributed by atoms with E-state index in [4.69, 9.17) is 5.73 Å². The summed E-state index contributed by atoms with van der Waals surface area (Å²) >= 11 is 0. The average Bonchev–Trinajstić information content (AvgIpc) is 2.26. The number of aromatic carboxylic acids is 1. The van der Waals surface area contributed by atoms with E-state index in [0.717, 1.165) is 6.42 Å². The van der Waals surface area contributed by atoms with Gasteiger partial charge in [-0.25, -0.2) is 4.79 Å². The van der Waals surface area contributed by atoms with E-state index in [9.17, 15) is 9.90 Å². The van der Waals surface area contributed by atoms with Crippen LogP contribution in [0.4, 0.5) is 11.4 Å². The lowest BCUT2D eigenvalue weighted by Crippen LogP contribution is -2.32. The Kier molecular flexibility index (Phi) is 4.59. The summed E-state index contributed by atoms with van der Waals surface area (Å²) in [6.07, 6.45) is 0.990. The van der Waals surface area contributed by atoms with Crippen molar-refractivity contribution in [1.82, 2.24) is 0 Å². The normalized spacial score (nSPS) is 12.5. The molecule has 1 atom stereocenters. The summed E-state index contributed by atoms with van der Waals surface area (Å²) in [5.41, 5.74) is 7.30. The van der Waals surface area contributed by atoms with Gasteiger partial charge in [-0.1, -0.05) is 19.9 Å². The van der Waals surface area contributed by atoms with Gasteiger partial charge in [-0.05, 0) is 31.4 Å². The molecule has 0 heterocycles. The Morgan fingerprint density at radius 2 is 2.00 bits per heavy atom. The highest BCUT2D eigenvalue weighted by Crippen LogP contribution is 2.29. The summed E-state index contributed by atoms with van der Waals surface area (Å²) < 4.78 is 0. The lowest BCUT2D eigenvalue weighted by Gasteiger charge is -2.30. The molecule has 0 spiro atoms. The minimum atomic E-state index is -0.944. The van der Waals surface area contributed by atoms with Crippen LogP contribution in [0.25, 0.3) is 0 Å². The minimum absolute atomic E-state index is 0.243. The number of nitrogens with two attached hydrogens (primary N) is 1. The molecule has 1 rings (SSSR count). The zero-order valence-electron chi connectivity index (χ0n) is 11.5. The molecular formula is C14H22N2O2. The van der Waals surface area contributed by atoms with Crippen molar-refractivity contribution >= 4 is 17.3 Å². The molecule has 0 amide bonds. The topological polar surface area (TPSA) is 66.6 Å². The van der Waals surface area contributed by atoms with E-state index >= 15 is 0 Å². The average molecular weight is 250 g/mol. The maximum Gasteiger partial charge on any atom is 0.337 e. The molecular weight excluding hydrogens is 228 g/mol. The first-order valence-corrected chi connectivity index (χ1v) is 6.19. The van der Waals surface area contributed by atoms with Crippen molar-refractivity contribution in [2.45, 2.75) is 33.2 Å². The fourth-order valence-corrected chi connectivity index (χ4v) is 2.19. The quantitative estimate of drug-likeness (QED) is 0.789. The molecule has 4 nitrogen and oxygen atoms in total. The van der Waals surface area contributed by atoms with Crippen molar-refractivity contribution < 1.29 is 9.90 Å². The Morgan fingerprint density at radius 1 is 1.39 bits per heavy atom. The van der Waals surface area contributed by atoms with Crippen molar-refractivity contribution in [1.29, 1.82) is 0 Å². The zero-order chi connectivity index (χ0) is 13.9. The molecule has 100 valence electrons. The SMILES string of the molecule is CC(C)CC(C)N(C)c1c(N)cccc1C(=O)O. The number of benzene rings is 1. The van der Waals surface area contributed by atoms with Crippen LogP contribution in [0.2, 0.25) is 0 Å². The second kappa shape index (κ2) is 5.76. The Hall–Kier alpha value is -1.71. The Bertz CT molecular complexity index is 430. The molecule has 0 aliphatic carbocycles. The van der Waals surface area contributed by atoms with E-state index in [0.29, 0.717) is 17.3 Å². The van der Waals surface area contributed by atoms with Gasteiger partial charge in [-0.15, -0.1) is 0 Å². The summed E-state index contributed by atoms with van der Waals surface area (Å²) in [4.78, 5) is 13.2. The van der Waals surface area contributed by atoms with Gasteiger partial charge in [0.25, 0.3) is 0 Å². The number of para-hydroxylation sites is 1. The summed E-state index contributed by atoms with van der Waals surface area (Å²) in [5, 5.41) is 9.22. The molecule has 0 aliphatic heterocycles. The minimum Gasteiger partial charge on any atom is -0.478 e. The number of anilines is 2. The first-order valence-electron chi connectivity index (χ1n) is 6.19. The zero-order valence-corrected chi connectivity index (χ0v) is 11.5. The van der Waals surface area contributed by atoms with Crippen LogP contribution in [-0.4, -0.2) is 24.2 Å². The van der Waals surface area contributed by atoms with Gasteiger partial charge in [-0.3, -0.25) is 0 Å². The molecule has 0 bridgehead atoms. The number of carboxylic acids is 1. The number of nitrogens with zero attached hydrogens (tertiary/aromatic N) is 1. The van der Waals surface area contributed by atoms with Gasteiger partial charge in [0.15, 0.2) is 0 Å². The van der Waals surface area contributed by atoms with Gasteiger partial charge in [0.2, 0.25) is 0 Å². The Morgan fingerprint density at radius 3 is 2.50 bits per heavy atom. The van der Waals surface area contributed by atoms with Gasteiger partial charge in [0.1, 0.15) is 0 Å². The molecule has 0 aliphatic rings. The number of carbonyl (C=O) groups is 1. The van der Waals surface area contributed by atoms with Gasteiger partial charge in [0, 0.05) is 13.1 Å². The Labute approximate surface area is 108 Å². The maximum atomic E-state index is 11.2. The van der Waals surface area contributed by atoms with Crippen LogP contribution < -0.4 is 10.6 Å². The van der Waals surface area contributed by atoms with Crippen LogP contribution in [0.1, 0.15) is 37.6 Å². The summed E-state index contributed by atoms with van der Waals surface area (Å²) in [5.74, 6) is -0.387. The first kappa shape index (κ1) is 14.4. The molecule has 1 unspecified atom stereocenters. The van der Waals surface area contributed by atoms with E-state index in [1.165, 1.54) is 0 Å². The number of hydrogen-bond donors (Lipinski definition) is 2. The molecule has 0 fully saturated rings. The number of carboxylic acid groups (broad SMARTS) is 1. The fourth-order valence-electron chi connectivity index (χ4n) is 2.19. The predicted octanol–water partition coefficient (Wildman–Crippen LogP) is 2.84. The van der Waals surface area contributed by atoms with E-state index in [1.807, 2.05) is 11.9 Å². The lowest BCUT2D eigenvalue weighted by atomic mass is 10.0. The third-order valence-electron chi connectivity index (χ3n) is 3.12. The largest absolute Gasteiger partial charge is 0.478 e.